The Balaban J connectivity index is 2.12. The lowest BCUT2D eigenvalue weighted by Crippen LogP contribution is -2.38. The van der Waals surface area contributed by atoms with Gasteiger partial charge in [0.2, 0.25) is 5.88 Å². The molecule has 1 heterocycles. The molecule has 0 bridgehead atoms. The molecule has 8 heteroatoms. The van der Waals surface area contributed by atoms with Crippen LogP contribution in [0.2, 0.25) is 0 Å². The van der Waals surface area contributed by atoms with Crippen molar-refractivity contribution in [3.8, 4) is 5.88 Å². The summed E-state index contributed by atoms with van der Waals surface area (Å²) >= 11 is 0. The van der Waals surface area contributed by atoms with E-state index in [1.54, 1.807) is 20.8 Å². The number of aromatic nitrogens is 1. The molecule has 1 aliphatic rings. The van der Waals surface area contributed by atoms with E-state index in [0.29, 0.717) is 11.3 Å². The number of rotatable bonds is 3. The number of halogens is 2. The SMILES string of the molecule is CC(C)(C)OC(=O)N[C@H]1c2ccc(OC(F)F)nc2C[C@H]1O. The molecule has 0 saturated heterocycles. The standard InChI is InChI=1S/C14H18F2N2O4/c1-14(2,3)22-13(20)18-11-7-4-5-10(21-12(15)16)17-8(7)6-9(11)19/h4-5,9,11-12,19H,6H2,1-3H3,(H,18,20)/t9-,11+/m1/s1. The number of aliphatic hydroxyl groups is 1. The van der Waals surface area contributed by atoms with E-state index in [2.05, 4.69) is 15.0 Å². The highest BCUT2D eigenvalue weighted by atomic mass is 19.3. The maximum atomic E-state index is 12.2. The fourth-order valence-corrected chi connectivity index (χ4v) is 2.23. The van der Waals surface area contributed by atoms with Crippen LogP contribution in [0.25, 0.3) is 0 Å². The van der Waals surface area contributed by atoms with Crippen molar-refractivity contribution >= 4 is 6.09 Å². The average molecular weight is 316 g/mol. The van der Waals surface area contributed by atoms with Gasteiger partial charge in [-0.05, 0) is 32.4 Å². The van der Waals surface area contributed by atoms with Crippen molar-refractivity contribution < 1.29 is 28.2 Å². The Morgan fingerprint density at radius 2 is 2.14 bits per heavy atom. The quantitative estimate of drug-likeness (QED) is 0.893. The molecule has 122 valence electrons. The summed E-state index contributed by atoms with van der Waals surface area (Å²) in [6, 6.07) is 2.07. The molecular weight excluding hydrogens is 298 g/mol. The Morgan fingerprint density at radius 1 is 1.45 bits per heavy atom. The molecule has 1 aromatic rings. The van der Waals surface area contributed by atoms with Crippen molar-refractivity contribution in [1.82, 2.24) is 10.3 Å². The highest BCUT2D eigenvalue weighted by molar-refractivity contribution is 5.69. The summed E-state index contributed by atoms with van der Waals surface area (Å²) in [6.07, 6.45) is -1.44. The number of fused-ring (bicyclic) bond motifs is 1. The Kier molecular flexibility index (Phi) is 4.50. The van der Waals surface area contributed by atoms with Gasteiger partial charge in [0.15, 0.2) is 0 Å². The molecule has 22 heavy (non-hydrogen) atoms. The normalized spacial score (nSPS) is 20.7. The van der Waals surface area contributed by atoms with Crippen LogP contribution in [0.3, 0.4) is 0 Å². The summed E-state index contributed by atoms with van der Waals surface area (Å²) < 4.78 is 33.7. The number of alkyl halides is 2. The summed E-state index contributed by atoms with van der Waals surface area (Å²) in [5, 5.41) is 12.6. The first-order valence-corrected chi connectivity index (χ1v) is 6.78. The van der Waals surface area contributed by atoms with Crippen LogP contribution in [0.15, 0.2) is 12.1 Å². The summed E-state index contributed by atoms with van der Waals surface area (Å²) in [5.74, 6) is -0.223. The second kappa shape index (κ2) is 6.04. The molecule has 0 spiro atoms. The molecule has 1 aliphatic carbocycles. The number of aliphatic hydroxyl groups excluding tert-OH is 1. The summed E-state index contributed by atoms with van der Waals surface area (Å²) in [6.45, 7) is 2.20. The molecule has 0 radical (unpaired) electrons. The molecule has 0 fully saturated rings. The average Bonchev–Trinajstić information content (AvgIpc) is 2.62. The van der Waals surface area contributed by atoms with Gasteiger partial charge in [0.25, 0.3) is 0 Å². The maximum absolute atomic E-state index is 12.2. The third kappa shape index (κ3) is 4.03. The van der Waals surface area contributed by atoms with Gasteiger partial charge in [-0.15, -0.1) is 0 Å². The third-order valence-electron chi connectivity index (χ3n) is 2.99. The zero-order valence-electron chi connectivity index (χ0n) is 12.5. The second-order valence-corrected chi connectivity index (χ2v) is 5.96. The van der Waals surface area contributed by atoms with Crippen molar-refractivity contribution in [2.24, 2.45) is 0 Å². The van der Waals surface area contributed by atoms with Crippen LogP contribution < -0.4 is 10.1 Å². The topological polar surface area (TPSA) is 80.7 Å². The third-order valence-corrected chi connectivity index (χ3v) is 2.99. The Labute approximate surface area is 126 Å². The van der Waals surface area contributed by atoms with E-state index < -0.39 is 30.5 Å². The summed E-state index contributed by atoms with van der Waals surface area (Å²) in [5.41, 5.74) is 0.302. The molecule has 1 aromatic heterocycles. The number of hydrogen-bond acceptors (Lipinski definition) is 5. The van der Waals surface area contributed by atoms with Gasteiger partial charge in [-0.3, -0.25) is 0 Å². The molecule has 0 unspecified atom stereocenters. The zero-order valence-corrected chi connectivity index (χ0v) is 12.5. The van der Waals surface area contributed by atoms with Crippen molar-refractivity contribution in [3.63, 3.8) is 0 Å². The maximum Gasteiger partial charge on any atom is 0.408 e. The van der Waals surface area contributed by atoms with E-state index in [-0.39, 0.29) is 12.3 Å². The first-order chi connectivity index (χ1) is 10.2. The molecule has 6 nitrogen and oxygen atoms in total. The van der Waals surface area contributed by atoms with Crippen LogP contribution in [-0.4, -0.2) is 34.5 Å². The molecule has 2 atom stereocenters. The van der Waals surface area contributed by atoms with E-state index in [1.807, 2.05) is 0 Å². The molecule has 2 rings (SSSR count). The number of ether oxygens (including phenoxy) is 2. The number of carbonyl (C=O) groups excluding carboxylic acids is 1. The fourth-order valence-electron chi connectivity index (χ4n) is 2.23. The molecular formula is C14H18F2N2O4. The van der Waals surface area contributed by atoms with Crippen LogP contribution >= 0.6 is 0 Å². The van der Waals surface area contributed by atoms with Gasteiger partial charge in [0.1, 0.15) is 5.60 Å². The van der Waals surface area contributed by atoms with Gasteiger partial charge in [0.05, 0.1) is 17.8 Å². The number of alkyl carbamates (subject to hydrolysis) is 1. The number of nitrogens with zero attached hydrogens (tertiary/aromatic N) is 1. The lowest BCUT2D eigenvalue weighted by atomic mass is 10.1. The minimum Gasteiger partial charge on any atom is -0.444 e. The highest BCUT2D eigenvalue weighted by Gasteiger charge is 2.35. The predicted molar refractivity (Wildman–Crippen MR) is 72.7 cm³/mol. The van der Waals surface area contributed by atoms with Gasteiger partial charge in [0, 0.05) is 12.5 Å². The number of nitrogens with one attached hydrogen (secondary N) is 1. The lowest BCUT2D eigenvalue weighted by Gasteiger charge is -2.23. The second-order valence-electron chi connectivity index (χ2n) is 5.96. The number of carbonyl (C=O) groups is 1. The van der Waals surface area contributed by atoms with Gasteiger partial charge in [-0.2, -0.15) is 8.78 Å². The van der Waals surface area contributed by atoms with Crippen LogP contribution in [-0.2, 0) is 11.2 Å². The first kappa shape index (κ1) is 16.4. The Bertz CT molecular complexity index is 560. The van der Waals surface area contributed by atoms with E-state index in [4.69, 9.17) is 4.74 Å². The Morgan fingerprint density at radius 3 is 2.73 bits per heavy atom. The van der Waals surface area contributed by atoms with Crippen LogP contribution in [0.4, 0.5) is 13.6 Å². The van der Waals surface area contributed by atoms with E-state index in [1.165, 1.54) is 12.1 Å². The number of pyridine rings is 1. The predicted octanol–water partition coefficient (Wildman–Crippen LogP) is 2.17. The van der Waals surface area contributed by atoms with E-state index >= 15 is 0 Å². The van der Waals surface area contributed by atoms with Gasteiger partial charge in [-0.25, -0.2) is 9.78 Å². The fraction of sp³-hybridized carbons (Fsp3) is 0.571. The van der Waals surface area contributed by atoms with E-state index in [9.17, 15) is 18.7 Å². The van der Waals surface area contributed by atoms with Crippen LogP contribution in [0.1, 0.15) is 38.1 Å². The molecule has 1 amide bonds. The van der Waals surface area contributed by atoms with Crippen molar-refractivity contribution in [2.75, 3.05) is 0 Å². The minimum absolute atomic E-state index is 0.135. The Hall–Kier alpha value is -1.96. The molecule has 2 N–H and O–H groups in total. The monoisotopic (exact) mass is 316 g/mol. The van der Waals surface area contributed by atoms with Gasteiger partial charge < -0.3 is 19.9 Å². The number of hydrogen-bond donors (Lipinski definition) is 2. The van der Waals surface area contributed by atoms with Crippen molar-refractivity contribution in [1.29, 1.82) is 0 Å². The molecule has 0 saturated carbocycles. The first-order valence-electron chi connectivity index (χ1n) is 6.78. The van der Waals surface area contributed by atoms with Crippen LogP contribution in [0, 0.1) is 0 Å². The summed E-state index contributed by atoms with van der Waals surface area (Å²) in [4.78, 5) is 15.7. The van der Waals surface area contributed by atoms with Gasteiger partial charge >= 0.3 is 12.7 Å². The number of amides is 1. The zero-order chi connectivity index (χ0) is 16.5. The highest BCUT2D eigenvalue weighted by Crippen LogP contribution is 2.32. The smallest absolute Gasteiger partial charge is 0.408 e. The molecule has 0 aromatic carbocycles. The van der Waals surface area contributed by atoms with Crippen LogP contribution in [0.5, 0.6) is 5.88 Å². The van der Waals surface area contributed by atoms with Crippen molar-refractivity contribution in [3.05, 3.63) is 23.4 Å². The molecule has 0 aliphatic heterocycles. The minimum atomic E-state index is -2.97. The largest absolute Gasteiger partial charge is 0.444 e. The van der Waals surface area contributed by atoms with Gasteiger partial charge in [-0.1, -0.05) is 0 Å². The van der Waals surface area contributed by atoms with Crippen molar-refractivity contribution in [2.45, 2.75) is 51.6 Å². The summed E-state index contributed by atoms with van der Waals surface area (Å²) in [7, 11) is 0. The lowest BCUT2D eigenvalue weighted by molar-refractivity contribution is -0.0529. The van der Waals surface area contributed by atoms with E-state index in [0.717, 1.165) is 0 Å².